The maximum Gasteiger partial charge on any atom is 0.246 e. The molecule has 0 saturated carbocycles. The molecule has 15 heteroatoms. The first-order valence-corrected chi connectivity index (χ1v) is 11.6. The summed E-state index contributed by atoms with van der Waals surface area (Å²) in [5, 5.41) is 23.1. The van der Waals surface area contributed by atoms with Crippen LogP contribution < -0.4 is 31.9 Å². The number of carbonyl (C=O) groups excluding carboxylic acids is 7. The van der Waals surface area contributed by atoms with E-state index in [-0.39, 0.29) is 11.5 Å². The second kappa shape index (κ2) is 15.9. The monoisotopic (exact) mass is 538 g/mol. The van der Waals surface area contributed by atoms with Crippen molar-refractivity contribution in [2.24, 2.45) is 0 Å². The molecule has 0 heterocycles. The number of rotatable bonds is 14. The van der Waals surface area contributed by atoms with Crippen molar-refractivity contribution in [1.29, 1.82) is 0 Å². The molecule has 0 aliphatic rings. The molecule has 6 amide bonds. The van der Waals surface area contributed by atoms with Gasteiger partial charge in [0.05, 0.1) is 32.0 Å². The molecule has 1 aromatic rings. The van der Waals surface area contributed by atoms with Crippen LogP contribution in [0.25, 0.3) is 0 Å². The number of ketones is 1. The Labute approximate surface area is 218 Å². The van der Waals surface area contributed by atoms with Crippen molar-refractivity contribution in [1.82, 2.24) is 26.6 Å². The van der Waals surface area contributed by atoms with Crippen LogP contribution in [0.3, 0.4) is 0 Å². The van der Waals surface area contributed by atoms with Gasteiger partial charge in [0.1, 0.15) is 12.1 Å². The number of Topliss-reactive ketones (excluding diaryl/α,β-unsaturated/α-hetero) is 1. The van der Waals surface area contributed by atoms with Gasteiger partial charge in [-0.05, 0) is 38.1 Å². The first-order valence-electron chi connectivity index (χ1n) is 11.0. The van der Waals surface area contributed by atoms with Gasteiger partial charge in [0.2, 0.25) is 35.4 Å². The van der Waals surface area contributed by atoms with Crippen molar-refractivity contribution in [2.45, 2.75) is 25.9 Å². The predicted molar refractivity (Wildman–Crippen MR) is 135 cm³/mol. The quantitative estimate of drug-likeness (QED) is 0.0906. The summed E-state index contributed by atoms with van der Waals surface area (Å²) in [4.78, 5) is 82.4. The third-order valence-electron chi connectivity index (χ3n) is 4.62. The van der Waals surface area contributed by atoms with Crippen molar-refractivity contribution >= 4 is 59.5 Å². The third-order valence-corrected chi connectivity index (χ3v) is 4.91. The SMILES string of the molecule is CC(=O)c1ccc(NC(=O)[C@@H](C)NC(=O)CNC(=O)CNC(=O)[C@@H](CO)NC(=O)CNC(=O)CS)cc1. The Balaban J connectivity index is 2.37. The number of amides is 6. The zero-order chi connectivity index (χ0) is 28.0. The minimum absolute atomic E-state index is 0.119. The molecule has 0 fully saturated rings. The highest BCUT2D eigenvalue weighted by molar-refractivity contribution is 7.81. The van der Waals surface area contributed by atoms with Crippen molar-refractivity contribution in [2.75, 3.05) is 37.3 Å². The number of aliphatic hydroxyl groups is 1. The van der Waals surface area contributed by atoms with Gasteiger partial charge in [-0.15, -0.1) is 0 Å². The highest BCUT2D eigenvalue weighted by atomic mass is 32.1. The Morgan fingerprint density at radius 3 is 1.86 bits per heavy atom. The summed E-state index contributed by atoms with van der Waals surface area (Å²) < 4.78 is 0. The molecule has 7 N–H and O–H groups in total. The molecule has 0 radical (unpaired) electrons. The van der Waals surface area contributed by atoms with Crippen molar-refractivity contribution in [3.8, 4) is 0 Å². The van der Waals surface area contributed by atoms with Gasteiger partial charge < -0.3 is 37.0 Å². The molecule has 0 aromatic heterocycles. The van der Waals surface area contributed by atoms with Crippen LogP contribution >= 0.6 is 12.6 Å². The molecule has 0 saturated heterocycles. The maximum absolute atomic E-state index is 12.2. The van der Waals surface area contributed by atoms with Gasteiger partial charge in [-0.3, -0.25) is 33.6 Å². The van der Waals surface area contributed by atoms with E-state index >= 15 is 0 Å². The van der Waals surface area contributed by atoms with Crippen LogP contribution in [-0.4, -0.2) is 90.4 Å². The molecule has 2 atom stereocenters. The lowest BCUT2D eigenvalue weighted by molar-refractivity contribution is -0.132. The molecule has 0 unspecified atom stereocenters. The normalized spacial score (nSPS) is 11.8. The van der Waals surface area contributed by atoms with Crippen LogP contribution in [0.1, 0.15) is 24.2 Å². The minimum atomic E-state index is -1.37. The number of aliphatic hydroxyl groups excluding tert-OH is 1. The lowest BCUT2D eigenvalue weighted by atomic mass is 10.1. The maximum atomic E-state index is 12.2. The molecule has 14 nitrogen and oxygen atoms in total. The van der Waals surface area contributed by atoms with Gasteiger partial charge in [-0.2, -0.15) is 12.6 Å². The molecular formula is C22H30N6O8S. The summed E-state index contributed by atoms with van der Waals surface area (Å²) in [6, 6.07) is 3.89. The molecule has 0 aliphatic carbocycles. The van der Waals surface area contributed by atoms with Crippen molar-refractivity contribution in [3.05, 3.63) is 29.8 Å². The lowest BCUT2D eigenvalue weighted by Crippen LogP contribution is -2.53. The Morgan fingerprint density at radius 2 is 1.32 bits per heavy atom. The molecular weight excluding hydrogens is 508 g/mol. The number of hydrogen-bond acceptors (Lipinski definition) is 9. The van der Waals surface area contributed by atoms with Crippen LogP contribution in [0.15, 0.2) is 24.3 Å². The highest BCUT2D eigenvalue weighted by Gasteiger charge is 2.21. The molecule has 202 valence electrons. The molecule has 0 spiro atoms. The van der Waals surface area contributed by atoms with E-state index in [0.717, 1.165) is 0 Å². The summed E-state index contributed by atoms with van der Waals surface area (Å²) in [5.74, 6) is -4.28. The lowest BCUT2D eigenvalue weighted by Gasteiger charge is -2.16. The average Bonchev–Trinajstić information content (AvgIpc) is 2.87. The van der Waals surface area contributed by atoms with Crippen molar-refractivity contribution < 1.29 is 38.7 Å². The van der Waals surface area contributed by atoms with Gasteiger partial charge in [-0.1, -0.05) is 0 Å². The molecule has 37 heavy (non-hydrogen) atoms. The number of benzene rings is 1. The van der Waals surface area contributed by atoms with Crippen LogP contribution in [0.4, 0.5) is 5.69 Å². The van der Waals surface area contributed by atoms with E-state index in [1.54, 1.807) is 24.3 Å². The summed E-state index contributed by atoms with van der Waals surface area (Å²) >= 11 is 3.73. The molecule has 1 rings (SSSR count). The fourth-order valence-corrected chi connectivity index (χ4v) is 2.71. The van der Waals surface area contributed by atoms with Crippen LogP contribution in [0.5, 0.6) is 0 Å². The summed E-state index contributed by atoms with van der Waals surface area (Å²) in [5.41, 5.74) is 0.915. The first kappa shape index (κ1) is 31.1. The summed E-state index contributed by atoms with van der Waals surface area (Å²) in [6.07, 6.45) is 0. The molecule has 0 aliphatic heterocycles. The summed E-state index contributed by atoms with van der Waals surface area (Å²) in [6.45, 7) is 0.628. The number of carbonyl (C=O) groups is 7. The largest absolute Gasteiger partial charge is 0.394 e. The van der Waals surface area contributed by atoms with Gasteiger partial charge in [-0.25, -0.2) is 0 Å². The summed E-state index contributed by atoms with van der Waals surface area (Å²) in [7, 11) is 0. The topological polar surface area (TPSA) is 212 Å². The van der Waals surface area contributed by atoms with Gasteiger partial charge >= 0.3 is 0 Å². The number of hydrogen-bond donors (Lipinski definition) is 8. The molecule has 0 bridgehead atoms. The fourth-order valence-electron chi connectivity index (χ4n) is 2.60. The smallest absolute Gasteiger partial charge is 0.246 e. The Hall–Kier alpha value is -3.98. The van der Waals surface area contributed by atoms with E-state index in [1.807, 2.05) is 0 Å². The van der Waals surface area contributed by atoms with E-state index in [9.17, 15) is 38.7 Å². The van der Waals surface area contributed by atoms with E-state index in [1.165, 1.54) is 13.8 Å². The Morgan fingerprint density at radius 1 is 0.784 bits per heavy atom. The highest BCUT2D eigenvalue weighted by Crippen LogP contribution is 2.10. The Kier molecular flexibility index (Phi) is 13.3. The van der Waals surface area contributed by atoms with E-state index in [2.05, 4.69) is 44.5 Å². The second-order valence-corrected chi connectivity index (χ2v) is 7.96. The zero-order valence-electron chi connectivity index (χ0n) is 20.3. The van der Waals surface area contributed by atoms with E-state index in [4.69, 9.17) is 0 Å². The van der Waals surface area contributed by atoms with Gasteiger partial charge in [0, 0.05) is 11.3 Å². The second-order valence-electron chi connectivity index (χ2n) is 7.64. The number of anilines is 1. The van der Waals surface area contributed by atoms with Crippen LogP contribution in [0.2, 0.25) is 0 Å². The average molecular weight is 539 g/mol. The Bertz CT molecular complexity index is 1020. The first-order chi connectivity index (χ1) is 17.5. The minimum Gasteiger partial charge on any atom is -0.394 e. The number of nitrogens with one attached hydrogen (secondary N) is 6. The van der Waals surface area contributed by atoms with Gasteiger partial charge in [0.25, 0.3) is 0 Å². The standard InChI is InChI=1S/C22H30N6O8S/c1-12(21(35)27-15-5-3-14(4-6-15)13(2)30)26-18(32)8-23-17(31)7-25-22(36)16(10-29)28-19(33)9-24-20(34)11-37/h3-6,12,16,29,37H,7-11H2,1-2H3,(H,23,31)(H,24,34)(H,25,36)(H,26,32)(H,27,35)(H,28,33)/t12-,16-/m1/s1. The third kappa shape index (κ3) is 12.0. The van der Waals surface area contributed by atoms with Crippen LogP contribution in [0, 0.1) is 0 Å². The van der Waals surface area contributed by atoms with Gasteiger partial charge in [0.15, 0.2) is 5.78 Å². The van der Waals surface area contributed by atoms with E-state index in [0.29, 0.717) is 11.3 Å². The van der Waals surface area contributed by atoms with E-state index < -0.39 is 73.8 Å². The molecule has 1 aromatic carbocycles. The number of thiol groups is 1. The fraction of sp³-hybridized carbons (Fsp3) is 0.409. The van der Waals surface area contributed by atoms with Crippen molar-refractivity contribution in [3.63, 3.8) is 0 Å². The predicted octanol–water partition coefficient (Wildman–Crippen LogP) is -2.91. The zero-order valence-corrected chi connectivity index (χ0v) is 21.1. The van der Waals surface area contributed by atoms with Crippen LogP contribution in [-0.2, 0) is 28.8 Å².